The normalized spacial score (nSPS) is 18.2. The highest BCUT2D eigenvalue weighted by Crippen LogP contribution is 2.28. The van der Waals surface area contributed by atoms with Gasteiger partial charge in [-0.15, -0.1) is 0 Å². The first-order valence-corrected chi connectivity index (χ1v) is 8.23. The zero-order valence-electron chi connectivity index (χ0n) is 13.6. The molecule has 5 nitrogen and oxygen atoms in total. The summed E-state index contributed by atoms with van der Waals surface area (Å²) in [6.07, 6.45) is 0.0883. The second-order valence-corrected chi connectivity index (χ2v) is 6.19. The van der Waals surface area contributed by atoms with Crippen LogP contribution in [0.3, 0.4) is 0 Å². The number of para-hydroxylation sites is 1. The summed E-state index contributed by atoms with van der Waals surface area (Å²) in [6.45, 7) is 3.88. The number of ether oxygens (including phenoxy) is 2. The molecular formula is C19H20N2O3. The van der Waals surface area contributed by atoms with Gasteiger partial charge in [0.1, 0.15) is 5.75 Å². The topological polar surface area (TPSA) is 54.6 Å². The summed E-state index contributed by atoms with van der Waals surface area (Å²) in [5.74, 6) is 0.700. The Balaban J connectivity index is 1.48. The Hall–Kier alpha value is -2.53. The third-order valence-electron chi connectivity index (χ3n) is 4.43. The number of fused-ring (bicyclic) bond motifs is 3. The summed E-state index contributed by atoms with van der Waals surface area (Å²) < 4.78 is 11.2. The van der Waals surface area contributed by atoms with Crippen LogP contribution in [-0.2, 0) is 9.53 Å². The zero-order chi connectivity index (χ0) is 16.5. The molecule has 1 saturated heterocycles. The number of aromatic nitrogens is 1. The van der Waals surface area contributed by atoms with Crippen molar-refractivity contribution in [3.63, 3.8) is 0 Å². The van der Waals surface area contributed by atoms with Gasteiger partial charge in [0.05, 0.1) is 18.2 Å². The van der Waals surface area contributed by atoms with Crippen LogP contribution in [0, 0.1) is 0 Å². The van der Waals surface area contributed by atoms with Gasteiger partial charge in [-0.3, -0.25) is 4.79 Å². The second-order valence-electron chi connectivity index (χ2n) is 6.19. The van der Waals surface area contributed by atoms with Crippen molar-refractivity contribution in [3.8, 4) is 5.75 Å². The van der Waals surface area contributed by atoms with Gasteiger partial charge in [-0.25, -0.2) is 0 Å². The minimum absolute atomic E-state index is 0.00175. The number of nitrogens with zero attached hydrogens (tertiary/aromatic N) is 1. The number of rotatable bonds is 3. The highest BCUT2D eigenvalue weighted by molar-refractivity contribution is 6.07. The molecule has 1 unspecified atom stereocenters. The van der Waals surface area contributed by atoms with Crippen LogP contribution in [0.4, 0.5) is 0 Å². The van der Waals surface area contributed by atoms with E-state index in [0.29, 0.717) is 25.4 Å². The number of carbonyl (C=O) groups excluding carboxylic acids is 1. The van der Waals surface area contributed by atoms with Gasteiger partial charge in [0.25, 0.3) is 5.91 Å². The lowest BCUT2D eigenvalue weighted by Gasteiger charge is -2.31. The summed E-state index contributed by atoms with van der Waals surface area (Å²) in [4.78, 5) is 17.4. The van der Waals surface area contributed by atoms with Gasteiger partial charge < -0.3 is 19.4 Å². The van der Waals surface area contributed by atoms with Gasteiger partial charge in [0, 0.05) is 35.4 Å². The van der Waals surface area contributed by atoms with E-state index >= 15 is 0 Å². The fraction of sp³-hybridized carbons (Fsp3) is 0.316. The molecule has 2 heterocycles. The number of morpholine rings is 1. The van der Waals surface area contributed by atoms with Crippen molar-refractivity contribution in [2.24, 2.45) is 0 Å². The van der Waals surface area contributed by atoms with E-state index in [0.717, 1.165) is 16.4 Å². The van der Waals surface area contributed by atoms with Crippen LogP contribution in [0.25, 0.3) is 21.8 Å². The van der Waals surface area contributed by atoms with Gasteiger partial charge >= 0.3 is 0 Å². The summed E-state index contributed by atoms with van der Waals surface area (Å²) >= 11 is 0. The molecule has 0 saturated carbocycles. The molecular weight excluding hydrogens is 304 g/mol. The quantitative estimate of drug-likeness (QED) is 0.806. The van der Waals surface area contributed by atoms with Crippen molar-refractivity contribution in [2.45, 2.75) is 13.0 Å². The number of amides is 1. The van der Waals surface area contributed by atoms with Crippen molar-refractivity contribution in [1.29, 1.82) is 0 Å². The summed E-state index contributed by atoms with van der Waals surface area (Å²) in [6, 6.07) is 14.1. The van der Waals surface area contributed by atoms with E-state index in [2.05, 4.69) is 17.1 Å². The van der Waals surface area contributed by atoms with Crippen LogP contribution in [0.2, 0.25) is 0 Å². The Bertz CT molecular complexity index is 887. The zero-order valence-corrected chi connectivity index (χ0v) is 13.6. The fourth-order valence-electron chi connectivity index (χ4n) is 3.20. The van der Waals surface area contributed by atoms with Gasteiger partial charge in [-0.1, -0.05) is 18.2 Å². The van der Waals surface area contributed by atoms with Crippen LogP contribution in [0.5, 0.6) is 5.75 Å². The molecule has 1 aliphatic rings. The second kappa shape index (κ2) is 6.17. The molecule has 3 aromatic rings. The molecule has 24 heavy (non-hydrogen) atoms. The summed E-state index contributed by atoms with van der Waals surface area (Å²) in [5, 5.41) is 2.35. The van der Waals surface area contributed by atoms with Crippen LogP contribution in [0.15, 0.2) is 42.5 Å². The lowest BCUT2D eigenvalue weighted by Crippen LogP contribution is -2.46. The maximum absolute atomic E-state index is 12.3. The number of hydrogen-bond acceptors (Lipinski definition) is 3. The van der Waals surface area contributed by atoms with Crippen molar-refractivity contribution in [3.05, 3.63) is 42.5 Å². The smallest absolute Gasteiger partial charge is 0.260 e. The van der Waals surface area contributed by atoms with Crippen molar-refractivity contribution in [1.82, 2.24) is 9.88 Å². The van der Waals surface area contributed by atoms with Gasteiger partial charge in [-0.05, 0) is 25.1 Å². The average molecular weight is 324 g/mol. The Morgan fingerprint density at radius 1 is 1.25 bits per heavy atom. The van der Waals surface area contributed by atoms with Crippen LogP contribution in [-0.4, -0.2) is 48.2 Å². The van der Waals surface area contributed by atoms with Crippen molar-refractivity contribution < 1.29 is 14.3 Å². The van der Waals surface area contributed by atoms with Crippen molar-refractivity contribution >= 4 is 27.7 Å². The number of carbonyl (C=O) groups is 1. The highest BCUT2D eigenvalue weighted by Gasteiger charge is 2.21. The number of nitrogens with one attached hydrogen (secondary N) is 1. The molecule has 1 aliphatic heterocycles. The molecule has 4 rings (SSSR count). The summed E-state index contributed by atoms with van der Waals surface area (Å²) in [5.41, 5.74) is 2.11. The molecule has 1 aromatic heterocycles. The number of benzene rings is 2. The molecule has 0 aliphatic carbocycles. The molecule has 1 atom stereocenters. The highest BCUT2D eigenvalue weighted by atomic mass is 16.5. The molecule has 0 bridgehead atoms. The first kappa shape index (κ1) is 15.0. The van der Waals surface area contributed by atoms with E-state index in [9.17, 15) is 4.79 Å². The largest absolute Gasteiger partial charge is 0.484 e. The molecule has 1 N–H and O–H groups in total. The molecule has 1 fully saturated rings. The van der Waals surface area contributed by atoms with E-state index in [4.69, 9.17) is 9.47 Å². The Morgan fingerprint density at radius 2 is 2.08 bits per heavy atom. The minimum atomic E-state index is 0.00175. The molecule has 2 aromatic carbocycles. The van der Waals surface area contributed by atoms with Crippen LogP contribution >= 0.6 is 0 Å². The Labute approximate surface area is 140 Å². The number of aromatic amines is 1. The SMILES string of the molecule is CC1CN(C(=O)COc2ccc3c(c2)[nH]c2ccccc23)CCO1. The molecule has 1 amide bonds. The lowest BCUT2D eigenvalue weighted by atomic mass is 10.1. The number of H-pyrrole nitrogens is 1. The maximum atomic E-state index is 12.3. The third-order valence-corrected chi connectivity index (χ3v) is 4.43. The van der Waals surface area contributed by atoms with Gasteiger partial charge in [-0.2, -0.15) is 0 Å². The average Bonchev–Trinajstić information content (AvgIpc) is 2.97. The van der Waals surface area contributed by atoms with E-state index in [1.54, 1.807) is 4.90 Å². The van der Waals surface area contributed by atoms with Gasteiger partial charge in [0.2, 0.25) is 0 Å². The van der Waals surface area contributed by atoms with E-state index < -0.39 is 0 Å². The first-order chi connectivity index (χ1) is 11.7. The fourth-order valence-corrected chi connectivity index (χ4v) is 3.20. The number of hydrogen-bond donors (Lipinski definition) is 1. The molecule has 124 valence electrons. The third kappa shape index (κ3) is 2.83. The molecule has 5 heteroatoms. The maximum Gasteiger partial charge on any atom is 0.260 e. The molecule has 0 spiro atoms. The van der Waals surface area contributed by atoms with E-state index in [1.807, 2.05) is 37.3 Å². The lowest BCUT2D eigenvalue weighted by molar-refractivity contribution is -0.140. The van der Waals surface area contributed by atoms with Crippen LogP contribution < -0.4 is 4.74 Å². The Kier molecular flexibility index (Phi) is 3.86. The monoisotopic (exact) mass is 324 g/mol. The predicted molar refractivity (Wildman–Crippen MR) is 93.3 cm³/mol. The van der Waals surface area contributed by atoms with Crippen LogP contribution in [0.1, 0.15) is 6.92 Å². The van der Waals surface area contributed by atoms with E-state index in [1.165, 1.54) is 5.39 Å². The van der Waals surface area contributed by atoms with Crippen molar-refractivity contribution in [2.75, 3.05) is 26.3 Å². The summed E-state index contributed by atoms with van der Waals surface area (Å²) in [7, 11) is 0. The predicted octanol–water partition coefficient (Wildman–Crippen LogP) is 2.95. The standard InChI is InChI=1S/C19H20N2O3/c1-13-11-21(8-9-23-13)19(22)12-24-14-6-7-16-15-4-2-3-5-17(15)20-18(16)10-14/h2-7,10,13,20H,8-9,11-12H2,1H3. The Morgan fingerprint density at radius 3 is 2.96 bits per heavy atom. The molecule has 0 radical (unpaired) electrons. The van der Waals surface area contributed by atoms with Gasteiger partial charge in [0.15, 0.2) is 6.61 Å². The minimum Gasteiger partial charge on any atom is -0.484 e. The van der Waals surface area contributed by atoms with E-state index in [-0.39, 0.29) is 18.6 Å². The first-order valence-electron chi connectivity index (χ1n) is 8.23.